The number of ether oxygens (including phenoxy) is 1. The van der Waals surface area contributed by atoms with Crippen molar-refractivity contribution in [1.82, 2.24) is 0 Å². The van der Waals surface area contributed by atoms with Crippen LogP contribution in [0.3, 0.4) is 0 Å². The summed E-state index contributed by atoms with van der Waals surface area (Å²) in [6.45, 7) is 5.58. The first-order valence-corrected chi connectivity index (χ1v) is 5.50. The van der Waals surface area contributed by atoms with Gasteiger partial charge in [0.25, 0.3) is 0 Å². The second-order valence-electron chi connectivity index (χ2n) is 4.90. The standard InChI is InChI=1S/C12H20O/c1-10-4-3-6-12(8-10)9-11(2)5-7-13-12/h4,11H,3,5-9H2,1-2H3/t11-,12+/m0/s1. The highest BCUT2D eigenvalue weighted by atomic mass is 16.5. The first-order valence-electron chi connectivity index (χ1n) is 5.50. The van der Waals surface area contributed by atoms with Crippen molar-refractivity contribution < 1.29 is 4.74 Å². The Bertz CT molecular complexity index is 219. The number of hydrogen-bond donors (Lipinski definition) is 0. The summed E-state index contributed by atoms with van der Waals surface area (Å²) >= 11 is 0. The third-order valence-electron chi connectivity index (χ3n) is 3.43. The van der Waals surface area contributed by atoms with E-state index in [-0.39, 0.29) is 5.60 Å². The zero-order valence-electron chi connectivity index (χ0n) is 8.81. The zero-order valence-corrected chi connectivity index (χ0v) is 8.81. The van der Waals surface area contributed by atoms with E-state index >= 15 is 0 Å². The van der Waals surface area contributed by atoms with Crippen molar-refractivity contribution in [1.29, 1.82) is 0 Å². The minimum absolute atomic E-state index is 0.233. The van der Waals surface area contributed by atoms with E-state index in [0.717, 1.165) is 12.5 Å². The fraction of sp³-hybridized carbons (Fsp3) is 0.833. The average Bonchev–Trinajstić information content (AvgIpc) is 2.02. The third kappa shape index (κ3) is 1.96. The lowest BCUT2D eigenvalue weighted by atomic mass is 9.77. The molecule has 13 heavy (non-hydrogen) atoms. The van der Waals surface area contributed by atoms with Crippen LogP contribution < -0.4 is 0 Å². The summed E-state index contributed by atoms with van der Waals surface area (Å²) in [5, 5.41) is 0. The highest BCUT2D eigenvalue weighted by molar-refractivity contribution is 5.10. The quantitative estimate of drug-likeness (QED) is 0.520. The highest BCUT2D eigenvalue weighted by Gasteiger charge is 2.36. The molecule has 1 aliphatic heterocycles. The van der Waals surface area contributed by atoms with Crippen molar-refractivity contribution in [3.8, 4) is 0 Å². The molecule has 0 aromatic heterocycles. The van der Waals surface area contributed by atoms with E-state index in [2.05, 4.69) is 19.9 Å². The van der Waals surface area contributed by atoms with E-state index < -0.39 is 0 Å². The van der Waals surface area contributed by atoms with E-state index in [4.69, 9.17) is 4.74 Å². The van der Waals surface area contributed by atoms with Gasteiger partial charge in [0.2, 0.25) is 0 Å². The lowest BCUT2D eigenvalue weighted by molar-refractivity contribution is -0.101. The van der Waals surface area contributed by atoms with Gasteiger partial charge in [-0.25, -0.2) is 0 Å². The molecule has 74 valence electrons. The van der Waals surface area contributed by atoms with Gasteiger partial charge in [-0.15, -0.1) is 0 Å². The molecule has 1 saturated heterocycles. The Morgan fingerprint density at radius 2 is 2.38 bits per heavy atom. The summed E-state index contributed by atoms with van der Waals surface area (Å²) in [6, 6.07) is 0. The van der Waals surface area contributed by atoms with Crippen LogP contribution in [0.1, 0.15) is 46.0 Å². The Hall–Kier alpha value is -0.300. The van der Waals surface area contributed by atoms with Gasteiger partial charge in [0.15, 0.2) is 0 Å². The summed E-state index contributed by atoms with van der Waals surface area (Å²) in [4.78, 5) is 0. The largest absolute Gasteiger partial charge is 0.375 e. The van der Waals surface area contributed by atoms with E-state index in [9.17, 15) is 0 Å². The molecule has 0 aromatic rings. The summed E-state index contributed by atoms with van der Waals surface area (Å²) in [7, 11) is 0. The number of hydrogen-bond acceptors (Lipinski definition) is 1. The fourth-order valence-electron chi connectivity index (χ4n) is 2.82. The summed E-state index contributed by atoms with van der Waals surface area (Å²) in [6.07, 6.45) is 8.54. The first kappa shape index (κ1) is 9.26. The van der Waals surface area contributed by atoms with Crippen molar-refractivity contribution in [2.75, 3.05) is 6.61 Å². The molecule has 1 heterocycles. The SMILES string of the molecule is CC1=CCC[C@@]2(C1)C[C@@H](C)CCO2. The molecule has 0 aromatic carbocycles. The maximum Gasteiger partial charge on any atom is 0.0724 e. The molecule has 0 unspecified atom stereocenters. The van der Waals surface area contributed by atoms with Gasteiger partial charge >= 0.3 is 0 Å². The van der Waals surface area contributed by atoms with Crippen molar-refractivity contribution >= 4 is 0 Å². The lowest BCUT2D eigenvalue weighted by Crippen LogP contribution is -2.40. The van der Waals surface area contributed by atoms with Crippen LogP contribution in [-0.4, -0.2) is 12.2 Å². The summed E-state index contributed by atoms with van der Waals surface area (Å²) in [5.74, 6) is 0.861. The van der Waals surface area contributed by atoms with Gasteiger partial charge in [0, 0.05) is 6.61 Å². The molecule has 0 radical (unpaired) electrons. The lowest BCUT2D eigenvalue weighted by Gasteiger charge is -2.42. The van der Waals surface area contributed by atoms with Gasteiger partial charge in [-0.2, -0.15) is 0 Å². The Kier molecular flexibility index (Phi) is 2.46. The Morgan fingerprint density at radius 1 is 1.54 bits per heavy atom. The highest BCUT2D eigenvalue weighted by Crippen LogP contribution is 2.40. The second kappa shape index (κ2) is 3.45. The first-order chi connectivity index (χ1) is 6.20. The zero-order chi connectivity index (χ0) is 9.31. The van der Waals surface area contributed by atoms with Crippen LogP contribution in [-0.2, 0) is 4.74 Å². The van der Waals surface area contributed by atoms with E-state index in [1.54, 1.807) is 0 Å². The fourth-order valence-corrected chi connectivity index (χ4v) is 2.82. The molecule has 2 atom stereocenters. The molecular formula is C12H20O. The topological polar surface area (TPSA) is 9.23 Å². The van der Waals surface area contributed by atoms with Crippen LogP contribution in [0.4, 0.5) is 0 Å². The maximum atomic E-state index is 6.01. The molecule has 0 amide bonds. The molecule has 2 rings (SSSR count). The molecule has 0 bridgehead atoms. The molecule has 0 saturated carbocycles. The van der Waals surface area contributed by atoms with Crippen molar-refractivity contribution in [2.45, 2.75) is 51.6 Å². The molecule has 1 heteroatoms. The minimum Gasteiger partial charge on any atom is -0.375 e. The molecule has 1 nitrogen and oxygen atoms in total. The van der Waals surface area contributed by atoms with Crippen LogP contribution in [0.2, 0.25) is 0 Å². The maximum absolute atomic E-state index is 6.01. The summed E-state index contributed by atoms with van der Waals surface area (Å²) < 4.78 is 6.01. The van der Waals surface area contributed by atoms with Gasteiger partial charge in [0.1, 0.15) is 0 Å². The predicted molar refractivity (Wildman–Crippen MR) is 54.7 cm³/mol. The molecule has 2 aliphatic rings. The summed E-state index contributed by atoms with van der Waals surface area (Å²) in [5.41, 5.74) is 1.76. The third-order valence-corrected chi connectivity index (χ3v) is 3.43. The smallest absolute Gasteiger partial charge is 0.0724 e. The van der Waals surface area contributed by atoms with E-state index in [1.165, 1.54) is 37.7 Å². The van der Waals surface area contributed by atoms with Crippen molar-refractivity contribution in [3.63, 3.8) is 0 Å². The Labute approximate surface area is 81.2 Å². The van der Waals surface area contributed by atoms with Gasteiger partial charge in [-0.1, -0.05) is 18.6 Å². The van der Waals surface area contributed by atoms with Crippen LogP contribution in [0.15, 0.2) is 11.6 Å². The molecule has 1 aliphatic carbocycles. The number of rotatable bonds is 0. The predicted octanol–water partition coefficient (Wildman–Crippen LogP) is 3.30. The van der Waals surface area contributed by atoms with Crippen LogP contribution in [0.5, 0.6) is 0 Å². The molecule has 1 spiro atoms. The van der Waals surface area contributed by atoms with Crippen LogP contribution in [0.25, 0.3) is 0 Å². The molecule has 1 fully saturated rings. The normalized spacial score (nSPS) is 40.5. The van der Waals surface area contributed by atoms with E-state index in [1.807, 2.05) is 0 Å². The average molecular weight is 180 g/mol. The van der Waals surface area contributed by atoms with Crippen LogP contribution in [0, 0.1) is 5.92 Å². The minimum atomic E-state index is 0.233. The molecular weight excluding hydrogens is 160 g/mol. The van der Waals surface area contributed by atoms with E-state index in [0.29, 0.717) is 0 Å². The van der Waals surface area contributed by atoms with Gasteiger partial charge in [-0.05, 0) is 44.9 Å². The monoisotopic (exact) mass is 180 g/mol. The Balaban J connectivity index is 2.07. The van der Waals surface area contributed by atoms with Gasteiger partial charge in [0.05, 0.1) is 5.60 Å². The second-order valence-corrected chi connectivity index (χ2v) is 4.90. The Morgan fingerprint density at radius 3 is 3.08 bits per heavy atom. The van der Waals surface area contributed by atoms with Crippen molar-refractivity contribution in [3.05, 3.63) is 11.6 Å². The van der Waals surface area contributed by atoms with Gasteiger partial charge in [-0.3, -0.25) is 0 Å². The van der Waals surface area contributed by atoms with Gasteiger partial charge < -0.3 is 4.74 Å². The van der Waals surface area contributed by atoms with Crippen LogP contribution >= 0.6 is 0 Å². The number of allylic oxidation sites excluding steroid dienone is 1. The van der Waals surface area contributed by atoms with Crippen molar-refractivity contribution in [2.24, 2.45) is 5.92 Å². The molecule has 0 N–H and O–H groups in total.